The van der Waals surface area contributed by atoms with Crippen molar-refractivity contribution in [3.63, 3.8) is 0 Å². The average molecular weight is 422 g/mol. The number of terminal acetylenes is 1. The third kappa shape index (κ3) is 4.34. The Hall–Kier alpha value is -2.77. The minimum Gasteiger partial charge on any atom is -0.376 e. The number of fused-ring (bicyclic) bond motifs is 1. The van der Waals surface area contributed by atoms with Gasteiger partial charge in [0.15, 0.2) is 0 Å². The van der Waals surface area contributed by atoms with Crippen LogP contribution in [0, 0.1) is 23.7 Å². The number of amides is 2. The summed E-state index contributed by atoms with van der Waals surface area (Å²) in [5.74, 6) is 3.68. The first-order chi connectivity index (χ1) is 15.1. The van der Waals surface area contributed by atoms with Gasteiger partial charge >= 0.3 is 6.03 Å². The molecular weight excluding hydrogens is 390 g/mol. The molecule has 1 saturated carbocycles. The van der Waals surface area contributed by atoms with E-state index in [1.807, 2.05) is 11.8 Å². The van der Waals surface area contributed by atoms with Crippen molar-refractivity contribution >= 4 is 11.8 Å². The zero-order valence-electron chi connectivity index (χ0n) is 18.3. The number of urea groups is 1. The summed E-state index contributed by atoms with van der Waals surface area (Å²) in [7, 11) is 0. The number of carbonyl (C=O) groups is 1. The van der Waals surface area contributed by atoms with E-state index in [9.17, 15) is 10.1 Å². The fourth-order valence-corrected chi connectivity index (χ4v) is 5.20. The number of anilines is 1. The van der Waals surface area contributed by atoms with Crippen molar-refractivity contribution in [2.45, 2.75) is 64.0 Å². The van der Waals surface area contributed by atoms with Crippen LogP contribution in [0.15, 0.2) is 0 Å². The summed E-state index contributed by atoms with van der Waals surface area (Å²) in [4.78, 5) is 21.5. The van der Waals surface area contributed by atoms with Gasteiger partial charge in [0.25, 0.3) is 0 Å². The molecule has 1 atom stereocenters. The number of aromatic nitrogens is 1. The minimum atomic E-state index is -0.135. The van der Waals surface area contributed by atoms with E-state index in [-0.39, 0.29) is 18.6 Å². The predicted molar refractivity (Wildman–Crippen MR) is 119 cm³/mol. The lowest BCUT2D eigenvalue weighted by Gasteiger charge is -2.41. The fraction of sp³-hybridized carbons (Fsp3) is 0.625. The summed E-state index contributed by atoms with van der Waals surface area (Å²) < 4.78 is 5.77. The van der Waals surface area contributed by atoms with Gasteiger partial charge in [-0.2, -0.15) is 5.26 Å². The van der Waals surface area contributed by atoms with Gasteiger partial charge in [0.2, 0.25) is 0 Å². The highest BCUT2D eigenvalue weighted by atomic mass is 16.5. The molecule has 0 radical (unpaired) electrons. The van der Waals surface area contributed by atoms with Crippen molar-refractivity contribution in [2.75, 3.05) is 37.7 Å². The second-order valence-corrected chi connectivity index (χ2v) is 8.75. The minimum absolute atomic E-state index is 0.00244. The van der Waals surface area contributed by atoms with Crippen molar-refractivity contribution in [3.05, 3.63) is 22.4 Å². The van der Waals surface area contributed by atoms with Crippen LogP contribution >= 0.6 is 0 Å². The molecule has 1 aromatic rings. The van der Waals surface area contributed by atoms with E-state index in [1.54, 1.807) is 0 Å². The molecule has 0 aromatic carbocycles. The Morgan fingerprint density at radius 1 is 1.29 bits per heavy atom. The lowest BCUT2D eigenvalue weighted by atomic mass is 9.82. The van der Waals surface area contributed by atoms with Crippen molar-refractivity contribution in [2.24, 2.45) is 0 Å². The van der Waals surface area contributed by atoms with E-state index in [2.05, 4.69) is 22.2 Å². The third-order valence-electron chi connectivity index (χ3n) is 6.80. The van der Waals surface area contributed by atoms with E-state index in [0.29, 0.717) is 44.3 Å². The Kier molecular flexibility index (Phi) is 6.63. The molecule has 1 N–H and O–H groups in total. The Morgan fingerprint density at radius 3 is 2.81 bits per heavy atom. The molecule has 4 rings (SSSR count). The maximum absolute atomic E-state index is 12.4. The van der Waals surface area contributed by atoms with Gasteiger partial charge in [-0.15, -0.1) is 6.42 Å². The van der Waals surface area contributed by atoms with Gasteiger partial charge in [-0.1, -0.05) is 25.2 Å². The number of hydrogen-bond acceptors (Lipinski definition) is 5. The third-order valence-corrected chi connectivity index (χ3v) is 6.80. The van der Waals surface area contributed by atoms with Crippen molar-refractivity contribution in [3.8, 4) is 18.4 Å². The summed E-state index contributed by atoms with van der Waals surface area (Å²) in [5.41, 5.74) is 4.11. The second-order valence-electron chi connectivity index (χ2n) is 8.75. The lowest BCUT2D eigenvalue weighted by molar-refractivity contribution is 0.109. The fourth-order valence-electron chi connectivity index (χ4n) is 5.20. The molecule has 164 valence electrons. The Balaban J connectivity index is 1.64. The summed E-state index contributed by atoms with van der Waals surface area (Å²) in [6.45, 7) is 5.32. The van der Waals surface area contributed by atoms with Gasteiger partial charge in [0.1, 0.15) is 11.9 Å². The van der Waals surface area contributed by atoms with Crippen LogP contribution in [0.5, 0.6) is 0 Å². The van der Waals surface area contributed by atoms with E-state index in [0.717, 1.165) is 41.9 Å². The van der Waals surface area contributed by atoms with Crippen molar-refractivity contribution < 1.29 is 9.53 Å². The molecular formula is C24H31N5O2. The monoisotopic (exact) mass is 421 g/mol. The average Bonchev–Trinajstić information content (AvgIpc) is 2.81. The molecule has 1 unspecified atom stereocenters. The van der Waals surface area contributed by atoms with Crippen LogP contribution in [0.25, 0.3) is 0 Å². The number of nitrogens with zero attached hydrogens (tertiary/aromatic N) is 4. The number of nitriles is 1. The first-order valence-corrected chi connectivity index (χ1v) is 11.4. The molecule has 3 aliphatic rings. The summed E-state index contributed by atoms with van der Waals surface area (Å²) >= 11 is 0. The van der Waals surface area contributed by atoms with E-state index >= 15 is 0 Å². The first-order valence-electron chi connectivity index (χ1n) is 11.4. The molecule has 2 aliphatic heterocycles. The van der Waals surface area contributed by atoms with E-state index in [1.165, 1.54) is 19.3 Å². The highest BCUT2D eigenvalue weighted by Gasteiger charge is 2.33. The van der Waals surface area contributed by atoms with Crippen LogP contribution in [-0.4, -0.2) is 54.7 Å². The summed E-state index contributed by atoms with van der Waals surface area (Å²) in [6.07, 6.45) is 12.1. The van der Waals surface area contributed by atoms with Gasteiger partial charge in [0.05, 0.1) is 31.0 Å². The van der Waals surface area contributed by atoms with Gasteiger partial charge in [-0.25, -0.2) is 9.78 Å². The standard InChI is InChI=1S/C24H31N5O2/c1-3-10-26-24(30)29-12-11-28(15-17(29)2)23-20(14-25)19-9-13-31-16-21(19)22(27-23)18-7-5-4-6-8-18/h1,17-18H,4-13,15-16H2,2H3,(H,26,30). The predicted octanol–water partition coefficient (Wildman–Crippen LogP) is 2.93. The number of hydrogen-bond donors (Lipinski definition) is 1. The zero-order chi connectivity index (χ0) is 21.8. The number of ether oxygens (including phenoxy) is 1. The number of rotatable bonds is 3. The van der Waals surface area contributed by atoms with Crippen LogP contribution in [0.3, 0.4) is 0 Å². The zero-order valence-corrected chi connectivity index (χ0v) is 18.3. The SMILES string of the molecule is C#CCNC(=O)N1CCN(c2nc(C3CCCCC3)c3c(c2C#N)CCOC3)CC1C. The quantitative estimate of drug-likeness (QED) is 0.759. The van der Waals surface area contributed by atoms with Crippen molar-refractivity contribution in [1.29, 1.82) is 5.26 Å². The van der Waals surface area contributed by atoms with E-state index in [4.69, 9.17) is 16.1 Å². The molecule has 31 heavy (non-hydrogen) atoms. The smallest absolute Gasteiger partial charge is 0.318 e. The molecule has 0 bridgehead atoms. The van der Waals surface area contributed by atoms with Crippen molar-refractivity contribution in [1.82, 2.24) is 15.2 Å². The first kappa shape index (κ1) is 21.5. The molecule has 1 aromatic heterocycles. The largest absolute Gasteiger partial charge is 0.376 e. The highest BCUT2D eigenvalue weighted by Crippen LogP contribution is 2.39. The number of nitrogens with one attached hydrogen (secondary N) is 1. The summed E-state index contributed by atoms with van der Waals surface area (Å²) in [5, 5.41) is 12.8. The molecule has 0 spiro atoms. The van der Waals surface area contributed by atoms with Gasteiger partial charge in [-0.05, 0) is 31.7 Å². The Morgan fingerprint density at radius 2 is 2.10 bits per heavy atom. The normalized spacial score (nSPS) is 21.7. The van der Waals surface area contributed by atoms with Gasteiger partial charge in [0, 0.05) is 37.2 Å². The molecule has 7 heteroatoms. The van der Waals surface area contributed by atoms with Crippen LogP contribution in [0.1, 0.15) is 67.3 Å². The molecule has 1 saturated heterocycles. The number of piperazine rings is 1. The molecule has 3 heterocycles. The molecule has 2 amide bonds. The van der Waals surface area contributed by atoms with Crippen LogP contribution in [0.4, 0.5) is 10.6 Å². The molecule has 2 fully saturated rings. The molecule has 7 nitrogen and oxygen atoms in total. The Bertz CT molecular complexity index is 910. The van der Waals surface area contributed by atoms with Crippen LogP contribution in [0.2, 0.25) is 0 Å². The van der Waals surface area contributed by atoms with Gasteiger partial charge in [-0.3, -0.25) is 0 Å². The second kappa shape index (κ2) is 9.58. The topological polar surface area (TPSA) is 81.5 Å². The van der Waals surface area contributed by atoms with Crippen LogP contribution in [-0.2, 0) is 17.8 Å². The number of pyridine rings is 1. The van der Waals surface area contributed by atoms with Crippen LogP contribution < -0.4 is 10.2 Å². The van der Waals surface area contributed by atoms with E-state index < -0.39 is 0 Å². The Labute approximate surface area is 184 Å². The summed E-state index contributed by atoms with van der Waals surface area (Å²) in [6, 6.07) is 2.32. The lowest BCUT2D eigenvalue weighted by Crippen LogP contribution is -2.57. The maximum Gasteiger partial charge on any atom is 0.318 e. The van der Waals surface area contributed by atoms with Gasteiger partial charge < -0.3 is 19.9 Å². The number of carbonyl (C=O) groups excluding carboxylic acids is 1. The maximum atomic E-state index is 12.4. The highest BCUT2D eigenvalue weighted by molar-refractivity contribution is 5.75. The molecule has 1 aliphatic carbocycles.